The highest BCUT2D eigenvalue weighted by molar-refractivity contribution is 5.81. The highest BCUT2D eigenvalue weighted by atomic mass is 16.5. The van der Waals surface area contributed by atoms with Crippen LogP contribution in [0.2, 0.25) is 0 Å². The number of nitrogens with zero attached hydrogens (tertiary/aromatic N) is 2. The third-order valence-corrected chi connectivity index (χ3v) is 4.52. The quantitative estimate of drug-likeness (QED) is 0.875. The minimum absolute atomic E-state index is 0.0909. The van der Waals surface area contributed by atoms with Gasteiger partial charge in [0.1, 0.15) is 11.5 Å². The Morgan fingerprint density at radius 3 is 2.92 bits per heavy atom. The van der Waals surface area contributed by atoms with Crippen molar-refractivity contribution in [2.45, 2.75) is 12.3 Å². The number of anilines is 1. The molecule has 1 fully saturated rings. The molecule has 2 aromatic rings. The van der Waals surface area contributed by atoms with E-state index < -0.39 is 0 Å². The molecule has 0 radical (unpaired) electrons. The summed E-state index contributed by atoms with van der Waals surface area (Å²) in [7, 11) is 3.32. The van der Waals surface area contributed by atoms with E-state index in [4.69, 9.17) is 9.47 Å². The second-order valence-electron chi connectivity index (χ2n) is 6.03. The second-order valence-corrected chi connectivity index (χ2v) is 6.03. The van der Waals surface area contributed by atoms with Crippen LogP contribution in [0, 0.1) is 0 Å². The first-order valence-electron chi connectivity index (χ1n) is 8.35. The van der Waals surface area contributed by atoms with Crippen LogP contribution in [0.5, 0.6) is 11.5 Å². The first-order chi connectivity index (χ1) is 12.2. The van der Waals surface area contributed by atoms with E-state index in [0.717, 1.165) is 35.7 Å². The lowest BCUT2D eigenvalue weighted by atomic mass is 9.97. The first kappa shape index (κ1) is 17.1. The Hall–Kier alpha value is -2.76. The van der Waals surface area contributed by atoms with Crippen LogP contribution in [0.15, 0.2) is 42.7 Å². The predicted molar refractivity (Wildman–Crippen MR) is 96.2 cm³/mol. The predicted octanol–water partition coefficient (Wildman–Crippen LogP) is 2.53. The lowest BCUT2D eigenvalue weighted by Gasteiger charge is -2.19. The highest BCUT2D eigenvalue weighted by Crippen LogP contribution is 2.35. The number of carbonyl (C=O) groups is 1. The number of likely N-dealkylation sites (tertiary alicyclic amines) is 1. The third kappa shape index (κ3) is 4.02. The molecule has 1 aromatic carbocycles. The molecule has 1 aliphatic heterocycles. The van der Waals surface area contributed by atoms with E-state index >= 15 is 0 Å². The van der Waals surface area contributed by atoms with Crippen LogP contribution in [0.3, 0.4) is 0 Å². The molecule has 1 amide bonds. The zero-order valence-electron chi connectivity index (χ0n) is 14.6. The first-order valence-corrected chi connectivity index (χ1v) is 8.35. The summed E-state index contributed by atoms with van der Waals surface area (Å²) in [5.41, 5.74) is 1.94. The number of hydrogen-bond acceptors (Lipinski definition) is 5. The molecule has 1 saturated heterocycles. The Morgan fingerprint density at radius 2 is 2.20 bits per heavy atom. The van der Waals surface area contributed by atoms with E-state index in [2.05, 4.69) is 10.3 Å². The molecule has 0 spiro atoms. The molecule has 1 N–H and O–H groups in total. The number of hydrogen-bond donors (Lipinski definition) is 1. The molecule has 1 aliphatic rings. The number of pyridine rings is 1. The zero-order valence-corrected chi connectivity index (χ0v) is 14.6. The van der Waals surface area contributed by atoms with Gasteiger partial charge >= 0.3 is 0 Å². The van der Waals surface area contributed by atoms with Crippen LogP contribution < -0.4 is 14.8 Å². The fraction of sp³-hybridized carbons (Fsp3) is 0.368. The molecule has 1 atom stereocenters. The van der Waals surface area contributed by atoms with Crippen molar-refractivity contribution in [3.05, 3.63) is 48.3 Å². The van der Waals surface area contributed by atoms with E-state index in [1.54, 1.807) is 26.6 Å². The molecule has 0 bridgehead atoms. The molecule has 1 unspecified atom stereocenters. The Bertz CT molecular complexity index is 721. The third-order valence-electron chi connectivity index (χ3n) is 4.52. The van der Waals surface area contributed by atoms with Crippen molar-refractivity contribution >= 4 is 11.6 Å². The van der Waals surface area contributed by atoms with E-state index in [-0.39, 0.29) is 18.4 Å². The summed E-state index contributed by atoms with van der Waals surface area (Å²) in [6, 6.07) is 9.55. The molecule has 3 rings (SSSR count). The molecule has 6 nitrogen and oxygen atoms in total. The number of benzene rings is 1. The van der Waals surface area contributed by atoms with Crippen molar-refractivity contribution in [2.24, 2.45) is 0 Å². The number of rotatable bonds is 6. The van der Waals surface area contributed by atoms with Gasteiger partial charge in [0.15, 0.2) is 0 Å². The number of methoxy groups -OCH3 is 2. The summed E-state index contributed by atoms with van der Waals surface area (Å²) in [4.78, 5) is 18.4. The number of ether oxygens (including phenoxy) is 2. The number of amides is 1. The summed E-state index contributed by atoms with van der Waals surface area (Å²) in [5.74, 6) is 1.99. The van der Waals surface area contributed by atoms with Crippen molar-refractivity contribution in [1.29, 1.82) is 0 Å². The summed E-state index contributed by atoms with van der Waals surface area (Å²) >= 11 is 0. The van der Waals surface area contributed by atoms with Gasteiger partial charge in [-0.15, -0.1) is 0 Å². The minimum Gasteiger partial charge on any atom is -0.497 e. The van der Waals surface area contributed by atoms with Gasteiger partial charge in [-0.2, -0.15) is 0 Å². The number of carbonyl (C=O) groups excluding carboxylic acids is 1. The SMILES string of the molecule is COc1ccc(OC)c(C2CCN(C(=O)CNc3cccnc3)C2)c1. The molecular weight excluding hydrogens is 318 g/mol. The van der Waals surface area contributed by atoms with Crippen LogP contribution in [-0.4, -0.2) is 49.6 Å². The molecular formula is C19H23N3O3. The molecule has 1 aromatic heterocycles. The molecule has 132 valence electrons. The van der Waals surface area contributed by atoms with Crippen LogP contribution in [0.4, 0.5) is 5.69 Å². The Kier molecular flexibility index (Phi) is 5.38. The van der Waals surface area contributed by atoms with Crippen molar-refractivity contribution in [3.8, 4) is 11.5 Å². The van der Waals surface area contributed by atoms with E-state index in [1.807, 2.05) is 35.2 Å². The van der Waals surface area contributed by atoms with Crippen LogP contribution in [0.25, 0.3) is 0 Å². The van der Waals surface area contributed by atoms with Crippen molar-refractivity contribution in [1.82, 2.24) is 9.88 Å². The largest absolute Gasteiger partial charge is 0.497 e. The molecule has 25 heavy (non-hydrogen) atoms. The Morgan fingerprint density at radius 1 is 1.32 bits per heavy atom. The average molecular weight is 341 g/mol. The monoisotopic (exact) mass is 341 g/mol. The van der Waals surface area contributed by atoms with Crippen molar-refractivity contribution < 1.29 is 14.3 Å². The van der Waals surface area contributed by atoms with Gasteiger partial charge in [-0.1, -0.05) is 0 Å². The zero-order chi connectivity index (χ0) is 17.6. The second kappa shape index (κ2) is 7.88. The molecule has 2 heterocycles. The maximum Gasteiger partial charge on any atom is 0.241 e. The van der Waals surface area contributed by atoms with Crippen LogP contribution >= 0.6 is 0 Å². The van der Waals surface area contributed by atoms with Gasteiger partial charge in [-0.05, 0) is 36.8 Å². The maximum atomic E-state index is 12.5. The smallest absolute Gasteiger partial charge is 0.241 e. The molecule has 0 saturated carbocycles. The topological polar surface area (TPSA) is 63.7 Å². The average Bonchev–Trinajstić information content (AvgIpc) is 3.16. The summed E-state index contributed by atoms with van der Waals surface area (Å²) in [6.45, 7) is 1.71. The van der Waals surface area contributed by atoms with Crippen LogP contribution in [0.1, 0.15) is 17.9 Å². The lowest BCUT2D eigenvalue weighted by molar-refractivity contribution is -0.128. The molecule has 0 aliphatic carbocycles. The van der Waals surface area contributed by atoms with Gasteiger partial charge in [-0.25, -0.2) is 0 Å². The summed E-state index contributed by atoms with van der Waals surface area (Å²) < 4.78 is 10.8. The summed E-state index contributed by atoms with van der Waals surface area (Å²) in [6.07, 6.45) is 4.34. The minimum atomic E-state index is 0.0909. The Balaban J connectivity index is 1.62. The van der Waals surface area contributed by atoms with Gasteiger partial charge in [0.2, 0.25) is 5.91 Å². The van der Waals surface area contributed by atoms with Crippen LogP contribution in [-0.2, 0) is 4.79 Å². The standard InChI is InChI=1S/C19H23N3O3/c1-24-16-5-6-18(25-2)17(10-16)14-7-9-22(13-14)19(23)12-21-15-4-3-8-20-11-15/h3-6,8,10-11,14,21H,7,9,12-13H2,1-2H3. The maximum absolute atomic E-state index is 12.5. The van der Waals surface area contributed by atoms with Gasteiger partial charge in [0.05, 0.1) is 26.5 Å². The van der Waals surface area contributed by atoms with Crippen molar-refractivity contribution in [3.63, 3.8) is 0 Å². The van der Waals surface area contributed by atoms with E-state index in [1.165, 1.54) is 0 Å². The lowest BCUT2D eigenvalue weighted by Crippen LogP contribution is -2.33. The highest BCUT2D eigenvalue weighted by Gasteiger charge is 2.29. The number of aromatic nitrogens is 1. The van der Waals surface area contributed by atoms with E-state index in [9.17, 15) is 4.79 Å². The number of nitrogens with one attached hydrogen (secondary N) is 1. The van der Waals surface area contributed by atoms with Gasteiger partial charge in [0.25, 0.3) is 0 Å². The van der Waals surface area contributed by atoms with Gasteiger partial charge in [-0.3, -0.25) is 9.78 Å². The fourth-order valence-corrected chi connectivity index (χ4v) is 3.16. The van der Waals surface area contributed by atoms with Gasteiger partial charge in [0, 0.05) is 37.0 Å². The Labute approximate surface area is 147 Å². The normalized spacial score (nSPS) is 16.6. The molecule has 6 heteroatoms. The van der Waals surface area contributed by atoms with E-state index in [0.29, 0.717) is 6.54 Å². The fourth-order valence-electron chi connectivity index (χ4n) is 3.16. The van der Waals surface area contributed by atoms with Crippen molar-refractivity contribution in [2.75, 3.05) is 39.2 Å². The summed E-state index contributed by atoms with van der Waals surface area (Å²) in [5, 5.41) is 3.12. The van der Waals surface area contributed by atoms with Gasteiger partial charge < -0.3 is 19.7 Å².